The van der Waals surface area contributed by atoms with Crippen LogP contribution in [0.1, 0.15) is 94.1 Å². The number of esters is 1. The Morgan fingerprint density at radius 3 is 1.42 bits per heavy atom. The van der Waals surface area contributed by atoms with Crippen molar-refractivity contribution in [2.75, 3.05) is 129 Å². The maximum atomic E-state index is 13.7. The van der Waals surface area contributed by atoms with Crippen LogP contribution in [0.15, 0.2) is 191 Å². The summed E-state index contributed by atoms with van der Waals surface area (Å²) in [6.45, 7) is 12.5. The number of carbonyl (C=O) groups is 4. The number of thiophene rings is 1. The first-order valence-corrected chi connectivity index (χ1v) is 47.3. The lowest BCUT2D eigenvalue weighted by atomic mass is 10.0. The number of piperazine rings is 1. The number of carbonyl (C=O) groups excluding carboxylic acids is 4. The van der Waals surface area contributed by atoms with Gasteiger partial charge in [0.1, 0.15) is 38.2 Å². The van der Waals surface area contributed by atoms with Crippen LogP contribution in [0.3, 0.4) is 0 Å². The molecule has 0 unspecified atom stereocenters. The van der Waals surface area contributed by atoms with E-state index in [2.05, 4.69) is 142 Å². The van der Waals surface area contributed by atoms with Gasteiger partial charge in [0.2, 0.25) is 29.6 Å². The topological polar surface area (TPSA) is 354 Å². The summed E-state index contributed by atoms with van der Waals surface area (Å²) in [4.78, 5) is 142. The summed E-state index contributed by atoms with van der Waals surface area (Å²) in [6.07, 6.45) is 35.3. The van der Waals surface area contributed by atoms with E-state index >= 15 is 0 Å². The number of allylic oxidation sites excluding steroid dienone is 6. The Labute approximate surface area is 782 Å². The Hall–Kier alpha value is -15.1. The number of hydrogen-bond acceptors (Lipinski definition) is 26. The molecule has 24 rings (SSSR count). The maximum absolute atomic E-state index is 13.7. The Kier molecular flexibility index (Phi) is 22.4. The summed E-state index contributed by atoms with van der Waals surface area (Å²) in [6, 6.07) is 32.0. The zero-order valence-corrected chi connectivity index (χ0v) is 76.9. The number of anilines is 10. The van der Waals surface area contributed by atoms with Crippen molar-refractivity contribution in [1.29, 1.82) is 0 Å². The lowest BCUT2D eigenvalue weighted by molar-refractivity contribution is -0.122. The zero-order chi connectivity index (χ0) is 92.8. The molecule has 36 nitrogen and oxygen atoms in total. The van der Waals surface area contributed by atoms with Crippen LogP contribution in [0, 0.1) is 5.41 Å². The molecule has 0 radical (unpaired) electrons. The van der Waals surface area contributed by atoms with E-state index in [0.29, 0.717) is 159 Å². The number of hydrogen-bond donors (Lipinski definition) is 3. The zero-order valence-electron chi connectivity index (χ0n) is 76.1. The van der Waals surface area contributed by atoms with Gasteiger partial charge in [0.05, 0.1) is 67.1 Å². The number of likely N-dealkylation sites (N-methyl/N-ethyl adjacent to an activating group) is 2. The van der Waals surface area contributed by atoms with Gasteiger partial charge < -0.3 is 73.4 Å². The Bertz CT molecular complexity index is 7630. The largest absolute Gasteiger partial charge is 0.482 e. The smallest absolute Gasteiger partial charge is 0.350 e. The molecule has 0 spiro atoms. The van der Waals surface area contributed by atoms with Gasteiger partial charge in [0.15, 0.2) is 36.8 Å². The third-order valence-corrected chi connectivity index (χ3v) is 28.6. The summed E-state index contributed by atoms with van der Waals surface area (Å²) in [5, 5.41) is 14.4. The van der Waals surface area contributed by atoms with Crippen LogP contribution >= 0.6 is 11.3 Å². The van der Waals surface area contributed by atoms with Gasteiger partial charge in [0.25, 0.3) is 34.4 Å². The standard InChI is InChI=1S/C35H36N8O5S.C32H33N9O3.C32H32N8O3/c1-3-47-34(46)31-30(40-16-14-39(2)15-17-40)24-18-22(8-11-28(24)49-31)37-35-36-20-25-32(38-35)43-23-9-10-27-26(19-23)41(29(44)21-48-27)12-6-4-5-7-13-42(43)33(25)45;1-37(2)32(10-11-32)20-38-14-9-21-15-22(7-8-25(21)38)35-31-34-18-24-28(36-31)41-23-16-26-29(33-17-23)44-19-27(42)39(26)12-5-3-4-6-13-40(41)30(24)43;1-2-32(10-11-32)20-37-14-9-21-15-22(7-8-25(21)37)35-31-34-18-24-28(36-31)40-23-16-26-29(33-17-23)43-19-27(41)38(26)12-5-3-4-6-13-39(40)30(24)42/h5,7-11,18-20H,3-4,6,12-17,21H2,1-2H3,(H,36,37,38);4,6-9,14-18H,3,5,10-13,19-20H2,1-2H3,(H,34,35,36);4,6-9,14-18H,2-3,5,10-13,19-20H2,1H3,(H,34,35,36). The number of benzene rings is 4. The van der Waals surface area contributed by atoms with Gasteiger partial charge in [0, 0.05) is 144 Å². The predicted octanol–water partition coefficient (Wildman–Crippen LogP) is 13.3. The number of nitrogens with one attached hydrogen (secondary N) is 3. The van der Waals surface area contributed by atoms with Crippen LogP contribution in [-0.2, 0) is 51.8 Å². The van der Waals surface area contributed by atoms with Crippen molar-refractivity contribution in [2.24, 2.45) is 5.41 Å². The molecule has 4 aromatic carbocycles. The van der Waals surface area contributed by atoms with Crippen LogP contribution in [0.4, 0.5) is 57.7 Å². The molecular weight excluding hydrogens is 1750 g/mol. The van der Waals surface area contributed by atoms with Crippen molar-refractivity contribution in [3.8, 4) is 34.6 Å². The van der Waals surface area contributed by atoms with Crippen molar-refractivity contribution < 1.29 is 38.1 Å². The summed E-state index contributed by atoms with van der Waals surface area (Å²) in [7, 11) is 6.42. The first-order chi connectivity index (χ1) is 66.3. The van der Waals surface area contributed by atoms with Gasteiger partial charge in [-0.25, -0.2) is 57.8 Å². The molecule has 11 aromatic heterocycles. The third kappa shape index (κ3) is 16.1. The van der Waals surface area contributed by atoms with E-state index in [-0.39, 0.29) is 65.7 Å². The molecule has 37 heteroatoms. The Morgan fingerprint density at radius 1 is 0.478 bits per heavy atom. The molecule has 2 aliphatic carbocycles. The van der Waals surface area contributed by atoms with E-state index in [4.69, 9.17) is 33.9 Å². The average molecular weight is 1850 g/mol. The highest BCUT2D eigenvalue weighted by atomic mass is 32.1. The van der Waals surface area contributed by atoms with Gasteiger partial charge in [-0.2, -0.15) is 15.0 Å². The number of aromatic nitrogens is 16. The minimum absolute atomic E-state index is 0.000221. The number of nitrogens with zero attached hydrogens (tertiary/aromatic N) is 22. The van der Waals surface area contributed by atoms with Crippen LogP contribution < -0.4 is 66.4 Å². The van der Waals surface area contributed by atoms with Gasteiger partial charge in [-0.1, -0.05) is 43.4 Å². The lowest BCUT2D eigenvalue weighted by Crippen LogP contribution is -2.44. The Morgan fingerprint density at radius 2 is 0.941 bits per heavy atom. The monoisotopic (exact) mass is 1850 g/mol. The van der Waals surface area contributed by atoms with Crippen molar-refractivity contribution in [3.63, 3.8) is 0 Å². The number of amides is 3. The van der Waals surface area contributed by atoms with Crippen molar-refractivity contribution in [1.82, 2.24) is 86.9 Å². The number of rotatable bonds is 15. The van der Waals surface area contributed by atoms with Crippen LogP contribution in [0.2, 0.25) is 0 Å². The molecule has 18 heterocycles. The fourth-order valence-electron chi connectivity index (χ4n) is 19.4. The normalized spacial score (nSPS) is 17.1. The van der Waals surface area contributed by atoms with Crippen molar-refractivity contribution >= 4 is 158 Å². The molecule has 2 saturated carbocycles. The van der Waals surface area contributed by atoms with E-state index < -0.39 is 0 Å². The molecule has 136 heavy (non-hydrogen) atoms. The molecule has 6 bridgehead atoms. The maximum Gasteiger partial charge on any atom is 0.350 e. The fourth-order valence-corrected chi connectivity index (χ4v) is 20.5. The molecule has 694 valence electrons. The second kappa shape index (κ2) is 35.4. The summed E-state index contributed by atoms with van der Waals surface area (Å²) in [5.41, 5.74) is 10.9. The second-order valence-corrected chi connectivity index (χ2v) is 37.3. The highest BCUT2D eigenvalue weighted by Crippen LogP contribution is 2.51. The van der Waals surface area contributed by atoms with Crippen LogP contribution in [0.5, 0.6) is 17.5 Å². The van der Waals surface area contributed by atoms with Gasteiger partial charge in [-0.05, 0) is 201 Å². The lowest BCUT2D eigenvalue weighted by Gasteiger charge is -2.34. The molecule has 0 atom stereocenters. The molecule has 3 fully saturated rings. The molecule has 15 aromatic rings. The molecule has 1 saturated heterocycles. The minimum atomic E-state index is -0.314. The molecule has 7 aliphatic heterocycles. The number of ether oxygens (including phenoxy) is 4. The summed E-state index contributed by atoms with van der Waals surface area (Å²) >= 11 is 1.44. The molecule has 9 aliphatic rings. The quantitative estimate of drug-likeness (QED) is 0.0634. The first-order valence-electron chi connectivity index (χ1n) is 46.5. The number of pyridine rings is 2. The SMILES string of the molecule is CCC1(Cn2ccc3cc(Nc4ncc5c(=O)n6n(c5n4)-c4cnc5c(c4)N(CCCC=CC6)C(=O)CO5)ccc32)CC1.CCOC(=O)c1sc2ccc(Nc3ncc4c(=O)n5n(c4n3)-c3ccc4c(c3)N(CCCC=CC5)C(=O)CO4)cc2c1N1CCN(C)CC1.CN(C)C1(Cn2ccc3cc(Nc4ncc5c(=O)n6n(c5n4)-c4cnc5c(c4)N(CCCC=CC6)C(=O)CO5)ccc32)CC1. The highest BCUT2D eigenvalue weighted by Gasteiger charge is 2.46. The predicted molar refractivity (Wildman–Crippen MR) is 522 cm³/mol. The van der Waals surface area contributed by atoms with Crippen LogP contribution in [0.25, 0.3) is 82.1 Å². The van der Waals surface area contributed by atoms with Crippen molar-refractivity contribution in [3.05, 3.63) is 213 Å². The highest BCUT2D eigenvalue weighted by molar-refractivity contribution is 7.21. The Balaban J connectivity index is 0.000000118. The van der Waals surface area contributed by atoms with E-state index in [1.165, 1.54) is 54.5 Å². The van der Waals surface area contributed by atoms with E-state index in [1.807, 2.05) is 104 Å². The first kappa shape index (κ1) is 86.3. The average Bonchev–Trinajstić information content (AvgIpc) is 1.56. The summed E-state index contributed by atoms with van der Waals surface area (Å²) < 4.78 is 38.3. The van der Waals surface area contributed by atoms with E-state index in [9.17, 15) is 33.6 Å². The number of fused-ring (bicyclic) bond motifs is 18. The third-order valence-electron chi connectivity index (χ3n) is 27.4. The molecule has 3 N–H and O–H groups in total. The second-order valence-electron chi connectivity index (χ2n) is 36.2. The van der Waals surface area contributed by atoms with E-state index in [0.717, 1.165) is 121 Å². The minimum Gasteiger partial charge on any atom is -0.482 e. The van der Waals surface area contributed by atoms with E-state index in [1.54, 1.807) is 73.8 Å². The molecule has 3 amide bonds. The summed E-state index contributed by atoms with van der Waals surface area (Å²) in [5.74, 6) is 1.87. The van der Waals surface area contributed by atoms with Gasteiger partial charge in [-0.3, -0.25) is 28.8 Å². The van der Waals surface area contributed by atoms with Crippen LogP contribution in [-0.4, -0.2) is 210 Å². The van der Waals surface area contributed by atoms with Gasteiger partial charge in [-0.15, -0.1) is 11.3 Å². The van der Waals surface area contributed by atoms with Crippen molar-refractivity contribution in [2.45, 2.75) is 123 Å². The van der Waals surface area contributed by atoms with Gasteiger partial charge >= 0.3 is 5.97 Å². The molecular formula is C99H101N25O11S. The fraction of sp³-hybridized carbons (Fsp3) is 0.343.